The first-order valence-corrected chi connectivity index (χ1v) is 6.69. The van der Waals surface area contributed by atoms with Gasteiger partial charge in [-0.3, -0.25) is 9.48 Å². The lowest BCUT2D eigenvalue weighted by atomic mass is 10.2. The molecular weight excluding hydrogens is 294 g/mol. The van der Waals surface area contributed by atoms with E-state index in [1.54, 1.807) is 10.9 Å². The van der Waals surface area contributed by atoms with Crippen LogP contribution in [0.3, 0.4) is 0 Å². The number of aryl methyl sites for hydroxylation is 1. The molecule has 18 heavy (non-hydrogen) atoms. The lowest BCUT2D eigenvalue weighted by Crippen LogP contribution is -2.12. The summed E-state index contributed by atoms with van der Waals surface area (Å²) in [4.78, 5) is 12.0. The number of benzene rings is 1. The molecule has 0 saturated heterocycles. The van der Waals surface area contributed by atoms with Crippen LogP contribution in [0, 0.1) is 6.92 Å². The van der Waals surface area contributed by atoms with Crippen LogP contribution in [0.25, 0.3) is 0 Å². The number of alkyl halides is 1. The molecule has 0 radical (unpaired) electrons. The molecule has 1 N–H and O–H groups in total. The summed E-state index contributed by atoms with van der Waals surface area (Å²) in [5.74, 6) is -0.132. The second-order valence-electron chi connectivity index (χ2n) is 4.05. The van der Waals surface area contributed by atoms with Gasteiger partial charge in [0.05, 0.1) is 11.8 Å². The van der Waals surface area contributed by atoms with Gasteiger partial charge in [0.25, 0.3) is 5.91 Å². The molecule has 1 amide bonds. The highest BCUT2D eigenvalue weighted by Crippen LogP contribution is 2.14. The molecule has 1 heterocycles. The van der Waals surface area contributed by atoms with Crippen LogP contribution in [0.1, 0.15) is 21.6 Å². The van der Waals surface area contributed by atoms with E-state index in [2.05, 4.69) is 26.3 Å². The van der Waals surface area contributed by atoms with Gasteiger partial charge in [-0.25, -0.2) is 0 Å². The number of nitrogens with zero attached hydrogens (tertiary/aromatic N) is 2. The van der Waals surface area contributed by atoms with E-state index < -0.39 is 0 Å². The van der Waals surface area contributed by atoms with Gasteiger partial charge in [-0.15, -0.1) is 0 Å². The van der Waals surface area contributed by atoms with E-state index in [-0.39, 0.29) is 5.91 Å². The summed E-state index contributed by atoms with van der Waals surface area (Å²) in [6.07, 6.45) is 1.58. The molecule has 0 saturated carbocycles. The van der Waals surface area contributed by atoms with Gasteiger partial charge in [-0.1, -0.05) is 28.1 Å². The molecule has 4 nitrogen and oxygen atoms in total. The van der Waals surface area contributed by atoms with Crippen molar-refractivity contribution in [1.29, 1.82) is 0 Å². The average molecular weight is 308 g/mol. The van der Waals surface area contributed by atoms with Gasteiger partial charge >= 0.3 is 0 Å². The van der Waals surface area contributed by atoms with Crippen molar-refractivity contribution in [3.8, 4) is 0 Å². The molecule has 0 spiro atoms. The van der Waals surface area contributed by atoms with Crippen LogP contribution in [0.5, 0.6) is 0 Å². The van der Waals surface area contributed by atoms with Gasteiger partial charge in [0, 0.05) is 23.8 Å². The van der Waals surface area contributed by atoms with Crippen molar-refractivity contribution in [3.05, 3.63) is 47.3 Å². The number of anilines is 1. The first-order chi connectivity index (χ1) is 8.61. The summed E-state index contributed by atoms with van der Waals surface area (Å²) in [6, 6.07) is 7.72. The van der Waals surface area contributed by atoms with Gasteiger partial charge in [0.2, 0.25) is 0 Å². The SMILES string of the molecule is Cc1c(C(=O)Nc2ccc(CBr)cc2)cnn1C. The lowest BCUT2D eigenvalue weighted by Gasteiger charge is -2.05. The molecule has 2 rings (SSSR count). The van der Waals surface area contributed by atoms with E-state index in [4.69, 9.17) is 0 Å². The summed E-state index contributed by atoms with van der Waals surface area (Å²) < 4.78 is 1.68. The predicted molar refractivity (Wildman–Crippen MR) is 75.0 cm³/mol. The molecule has 1 aromatic carbocycles. The summed E-state index contributed by atoms with van der Waals surface area (Å²) in [7, 11) is 1.82. The summed E-state index contributed by atoms with van der Waals surface area (Å²) >= 11 is 3.38. The smallest absolute Gasteiger partial charge is 0.259 e. The number of carbonyl (C=O) groups excluding carboxylic acids is 1. The zero-order valence-corrected chi connectivity index (χ0v) is 11.9. The largest absolute Gasteiger partial charge is 0.322 e. The predicted octanol–water partition coefficient (Wildman–Crippen LogP) is 2.88. The Kier molecular flexibility index (Phi) is 3.81. The molecule has 2 aromatic rings. The van der Waals surface area contributed by atoms with Crippen molar-refractivity contribution in [1.82, 2.24) is 9.78 Å². The summed E-state index contributed by atoms with van der Waals surface area (Å²) in [6.45, 7) is 1.87. The molecule has 94 valence electrons. The van der Waals surface area contributed by atoms with Crippen LogP contribution in [0.4, 0.5) is 5.69 Å². The Morgan fingerprint density at radius 1 is 1.39 bits per heavy atom. The third-order valence-electron chi connectivity index (χ3n) is 2.85. The van der Waals surface area contributed by atoms with Crippen LogP contribution in [0.15, 0.2) is 30.5 Å². The first kappa shape index (κ1) is 12.8. The minimum atomic E-state index is -0.132. The van der Waals surface area contributed by atoms with E-state index in [9.17, 15) is 4.79 Å². The standard InChI is InChI=1S/C13H14BrN3O/c1-9-12(8-15-17(9)2)13(18)16-11-5-3-10(7-14)4-6-11/h3-6,8H,7H2,1-2H3,(H,16,18). The molecule has 0 fully saturated rings. The van der Waals surface area contributed by atoms with E-state index in [0.717, 1.165) is 16.7 Å². The molecule has 5 heteroatoms. The molecule has 0 bridgehead atoms. The molecule has 0 aliphatic rings. The van der Waals surface area contributed by atoms with Crippen LogP contribution < -0.4 is 5.32 Å². The maximum atomic E-state index is 12.0. The second-order valence-corrected chi connectivity index (χ2v) is 4.61. The second kappa shape index (κ2) is 5.35. The number of rotatable bonds is 3. The summed E-state index contributed by atoms with van der Waals surface area (Å²) in [5.41, 5.74) is 3.41. The van der Waals surface area contributed by atoms with E-state index in [0.29, 0.717) is 5.56 Å². The Bertz CT molecular complexity index is 560. The third kappa shape index (κ3) is 2.61. The Morgan fingerprint density at radius 3 is 2.56 bits per heavy atom. The molecule has 0 aliphatic heterocycles. The van der Waals surface area contributed by atoms with Crippen molar-refractivity contribution in [2.45, 2.75) is 12.3 Å². The normalized spacial score (nSPS) is 10.4. The van der Waals surface area contributed by atoms with Crippen LogP contribution in [-0.2, 0) is 12.4 Å². The first-order valence-electron chi connectivity index (χ1n) is 5.56. The molecule has 0 atom stereocenters. The van der Waals surface area contributed by atoms with Crippen molar-refractivity contribution in [2.24, 2.45) is 7.05 Å². The Balaban J connectivity index is 2.13. The Morgan fingerprint density at radius 2 is 2.06 bits per heavy atom. The zero-order chi connectivity index (χ0) is 13.1. The topological polar surface area (TPSA) is 46.9 Å². The van der Waals surface area contributed by atoms with E-state index in [1.807, 2.05) is 38.2 Å². The van der Waals surface area contributed by atoms with Crippen molar-refractivity contribution in [3.63, 3.8) is 0 Å². The lowest BCUT2D eigenvalue weighted by molar-refractivity contribution is 0.102. The zero-order valence-electron chi connectivity index (χ0n) is 10.3. The number of aromatic nitrogens is 2. The van der Waals surface area contributed by atoms with Crippen molar-refractivity contribution in [2.75, 3.05) is 5.32 Å². The molecule has 0 aliphatic carbocycles. The van der Waals surface area contributed by atoms with E-state index in [1.165, 1.54) is 5.56 Å². The number of amides is 1. The summed E-state index contributed by atoms with van der Waals surface area (Å²) in [5, 5.41) is 7.72. The van der Waals surface area contributed by atoms with Crippen LogP contribution >= 0.6 is 15.9 Å². The van der Waals surface area contributed by atoms with Gasteiger partial charge in [0.1, 0.15) is 0 Å². The van der Waals surface area contributed by atoms with Crippen LogP contribution in [0.2, 0.25) is 0 Å². The minimum absolute atomic E-state index is 0.132. The number of hydrogen-bond acceptors (Lipinski definition) is 2. The van der Waals surface area contributed by atoms with E-state index >= 15 is 0 Å². The fourth-order valence-electron chi connectivity index (χ4n) is 1.60. The number of halogens is 1. The number of carbonyl (C=O) groups is 1. The van der Waals surface area contributed by atoms with Crippen molar-refractivity contribution >= 4 is 27.5 Å². The average Bonchev–Trinajstić information content (AvgIpc) is 2.71. The van der Waals surface area contributed by atoms with Crippen LogP contribution in [-0.4, -0.2) is 15.7 Å². The Hall–Kier alpha value is -1.62. The maximum absolute atomic E-state index is 12.0. The Labute approximate surface area is 114 Å². The highest BCUT2D eigenvalue weighted by atomic mass is 79.9. The molecule has 0 unspecified atom stereocenters. The van der Waals surface area contributed by atoms with Gasteiger partial charge < -0.3 is 5.32 Å². The fourth-order valence-corrected chi connectivity index (χ4v) is 1.97. The monoisotopic (exact) mass is 307 g/mol. The van der Waals surface area contributed by atoms with Gasteiger partial charge in [0.15, 0.2) is 0 Å². The number of nitrogens with one attached hydrogen (secondary N) is 1. The van der Waals surface area contributed by atoms with Crippen molar-refractivity contribution < 1.29 is 4.79 Å². The molecule has 1 aromatic heterocycles. The highest BCUT2D eigenvalue weighted by Gasteiger charge is 2.12. The minimum Gasteiger partial charge on any atom is -0.322 e. The quantitative estimate of drug-likeness (QED) is 0.886. The molecular formula is C13H14BrN3O. The van der Waals surface area contributed by atoms with Gasteiger partial charge in [-0.05, 0) is 24.6 Å². The fraction of sp³-hybridized carbons (Fsp3) is 0.231. The maximum Gasteiger partial charge on any atom is 0.259 e. The highest BCUT2D eigenvalue weighted by molar-refractivity contribution is 9.08. The third-order valence-corrected chi connectivity index (χ3v) is 3.49. The van der Waals surface area contributed by atoms with Gasteiger partial charge in [-0.2, -0.15) is 5.10 Å². The number of hydrogen-bond donors (Lipinski definition) is 1.